The lowest BCUT2D eigenvalue weighted by atomic mass is 9.84. The van der Waals surface area contributed by atoms with E-state index in [4.69, 9.17) is 0 Å². The van der Waals surface area contributed by atoms with Crippen LogP contribution >= 0.6 is 0 Å². The molecule has 1 atom stereocenters. The molecule has 0 saturated heterocycles. The molecular formula is C14H18O2. The summed E-state index contributed by atoms with van der Waals surface area (Å²) in [6.45, 7) is 2.01. The SMILES string of the molecule is Cc1cccc(C(C(=O)O)C2CCCC2)c1. The van der Waals surface area contributed by atoms with Gasteiger partial charge < -0.3 is 5.11 Å². The van der Waals surface area contributed by atoms with E-state index in [0.29, 0.717) is 5.92 Å². The highest BCUT2D eigenvalue weighted by atomic mass is 16.4. The molecule has 0 spiro atoms. The number of carboxylic acids is 1. The Morgan fingerprint density at radius 3 is 2.62 bits per heavy atom. The lowest BCUT2D eigenvalue weighted by molar-refractivity contribution is -0.140. The fourth-order valence-electron chi connectivity index (χ4n) is 2.77. The van der Waals surface area contributed by atoms with Crippen molar-refractivity contribution in [1.82, 2.24) is 0 Å². The van der Waals surface area contributed by atoms with Gasteiger partial charge in [-0.25, -0.2) is 0 Å². The first-order chi connectivity index (χ1) is 7.68. The van der Waals surface area contributed by atoms with Crippen LogP contribution in [0.15, 0.2) is 24.3 Å². The van der Waals surface area contributed by atoms with E-state index in [-0.39, 0.29) is 5.92 Å². The molecule has 2 rings (SSSR count). The zero-order chi connectivity index (χ0) is 11.5. The molecule has 0 heterocycles. The second-order valence-corrected chi connectivity index (χ2v) is 4.77. The maximum absolute atomic E-state index is 11.4. The average molecular weight is 218 g/mol. The average Bonchev–Trinajstić information content (AvgIpc) is 2.71. The number of rotatable bonds is 3. The first kappa shape index (κ1) is 11.2. The molecular weight excluding hydrogens is 200 g/mol. The zero-order valence-electron chi connectivity index (χ0n) is 9.65. The van der Waals surface area contributed by atoms with Crippen LogP contribution in [0.1, 0.15) is 42.7 Å². The van der Waals surface area contributed by atoms with Crippen LogP contribution in [0.2, 0.25) is 0 Å². The predicted molar refractivity (Wildman–Crippen MR) is 63.5 cm³/mol. The molecule has 0 aromatic heterocycles. The number of hydrogen-bond acceptors (Lipinski definition) is 1. The number of carbonyl (C=O) groups is 1. The molecule has 1 fully saturated rings. The molecule has 1 aliphatic rings. The molecule has 1 aromatic carbocycles. The minimum absolute atomic E-state index is 0.303. The van der Waals surface area contributed by atoms with Crippen LogP contribution in [0.4, 0.5) is 0 Å². The Morgan fingerprint density at radius 2 is 2.06 bits per heavy atom. The highest BCUT2D eigenvalue weighted by Gasteiger charge is 2.31. The monoisotopic (exact) mass is 218 g/mol. The molecule has 2 heteroatoms. The highest BCUT2D eigenvalue weighted by molar-refractivity contribution is 5.76. The first-order valence-electron chi connectivity index (χ1n) is 5.98. The molecule has 1 unspecified atom stereocenters. The van der Waals surface area contributed by atoms with Crippen LogP contribution < -0.4 is 0 Å². The molecule has 0 amide bonds. The van der Waals surface area contributed by atoms with Crippen LogP contribution in [0.25, 0.3) is 0 Å². The van der Waals surface area contributed by atoms with Crippen LogP contribution in [0.3, 0.4) is 0 Å². The molecule has 1 aliphatic carbocycles. The van der Waals surface area contributed by atoms with Gasteiger partial charge in [0.05, 0.1) is 5.92 Å². The van der Waals surface area contributed by atoms with E-state index in [2.05, 4.69) is 0 Å². The summed E-state index contributed by atoms with van der Waals surface area (Å²) in [5.41, 5.74) is 2.11. The van der Waals surface area contributed by atoms with Gasteiger partial charge in [-0.3, -0.25) is 4.79 Å². The van der Waals surface area contributed by atoms with Crippen molar-refractivity contribution in [3.63, 3.8) is 0 Å². The van der Waals surface area contributed by atoms with Crippen LogP contribution in [0.5, 0.6) is 0 Å². The fourth-order valence-corrected chi connectivity index (χ4v) is 2.77. The molecule has 1 N–H and O–H groups in total. The largest absolute Gasteiger partial charge is 0.481 e. The summed E-state index contributed by atoms with van der Waals surface area (Å²) in [5, 5.41) is 9.38. The zero-order valence-corrected chi connectivity index (χ0v) is 9.65. The second-order valence-electron chi connectivity index (χ2n) is 4.77. The number of hydrogen-bond donors (Lipinski definition) is 1. The summed E-state index contributed by atoms with van der Waals surface area (Å²) < 4.78 is 0. The van der Waals surface area contributed by atoms with Crippen molar-refractivity contribution >= 4 is 5.97 Å². The van der Waals surface area contributed by atoms with Crippen molar-refractivity contribution in [3.8, 4) is 0 Å². The van der Waals surface area contributed by atoms with E-state index in [1.54, 1.807) is 0 Å². The van der Waals surface area contributed by atoms with Gasteiger partial charge in [-0.15, -0.1) is 0 Å². The van der Waals surface area contributed by atoms with Gasteiger partial charge in [-0.05, 0) is 31.2 Å². The predicted octanol–water partition coefficient (Wildman–Crippen LogP) is 3.35. The fraction of sp³-hybridized carbons (Fsp3) is 0.500. The Bertz CT molecular complexity index is 378. The van der Waals surface area contributed by atoms with Gasteiger partial charge in [0.2, 0.25) is 0 Å². The summed E-state index contributed by atoms with van der Waals surface area (Å²) in [4.78, 5) is 11.4. The molecule has 16 heavy (non-hydrogen) atoms. The van der Waals surface area contributed by atoms with E-state index in [1.807, 2.05) is 31.2 Å². The maximum atomic E-state index is 11.4. The second kappa shape index (κ2) is 4.69. The number of aliphatic carboxylic acids is 1. The number of benzene rings is 1. The normalized spacial score (nSPS) is 18.6. The molecule has 0 aliphatic heterocycles. The van der Waals surface area contributed by atoms with Crippen molar-refractivity contribution in [2.75, 3.05) is 0 Å². The Kier molecular flexibility index (Phi) is 3.28. The van der Waals surface area contributed by atoms with E-state index in [0.717, 1.165) is 24.0 Å². The topological polar surface area (TPSA) is 37.3 Å². The maximum Gasteiger partial charge on any atom is 0.311 e. The lowest BCUT2D eigenvalue weighted by Gasteiger charge is -2.19. The van der Waals surface area contributed by atoms with Crippen molar-refractivity contribution in [3.05, 3.63) is 35.4 Å². The third-order valence-electron chi connectivity index (χ3n) is 3.54. The minimum Gasteiger partial charge on any atom is -0.481 e. The minimum atomic E-state index is -0.669. The van der Waals surface area contributed by atoms with Gasteiger partial charge in [0.25, 0.3) is 0 Å². The third-order valence-corrected chi connectivity index (χ3v) is 3.54. The highest BCUT2D eigenvalue weighted by Crippen LogP contribution is 2.37. The van der Waals surface area contributed by atoms with E-state index >= 15 is 0 Å². The van der Waals surface area contributed by atoms with E-state index in [9.17, 15) is 9.90 Å². The lowest BCUT2D eigenvalue weighted by Crippen LogP contribution is -2.19. The Labute approximate surface area is 96.3 Å². The van der Waals surface area contributed by atoms with Crippen molar-refractivity contribution in [2.24, 2.45) is 5.92 Å². The smallest absolute Gasteiger partial charge is 0.311 e. The van der Waals surface area contributed by atoms with Gasteiger partial charge >= 0.3 is 5.97 Å². The molecule has 2 nitrogen and oxygen atoms in total. The van der Waals surface area contributed by atoms with Crippen molar-refractivity contribution < 1.29 is 9.90 Å². The Hall–Kier alpha value is -1.31. The summed E-state index contributed by atoms with van der Waals surface area (Å²) in [5.74, 6) is -0.640. The summed E-state index contributed by atoms with van der Waals surface area (Å²) in [7, 11) is 0. The van der Waals surface area contributed by atoms with Crippen LogP contribution in [-0.4, -0.2) is 11.1 Å². The van der Waals surface area contributed by atoms with Gasteiger partial charge in [-0.2, -0.15) is 0 Å². The van der Waals surface area contributed by atoms with E-state index in [1.165, 1.54) is 12.8 Å². The quantitative estimate of drug-likeness (QED) is 0.844. The third kappa shape index (κ3) is 2.26. The van der Waals surface area contributed by atoms with Gasteiger partial charge in [0, 0.05) is 0 Å². The Morgan fingerprint density at radius 1 is 1.38 bits per heavy atom. The standard InChI is InChI=1S/C14H18O2/c1-10-5-4-8-12(9-10)13(14(15)16)11-6-2-3-7-11/h4-5,8-9,11,13H,2-3,6-7H2,1H3,(H,15,16). The molecule has 1 aromatic rings. The van der Waals surface area contributed by atoms with E-state index < -0.39 is 5.97 Å². The number of carboxylic acid groups (broad SMARTS) is 1. The van der Waals surface area contributed by atoms with Gasteiger partial charge in [0.15, 0.2) is 0 Å². The summed E-state index contributed by atoms with van der Waals surface area (Å²) >= 11 is 0. The molecule has 0 bridgehead atoms. The van der Waals surface area contributed by atoms with Gasteiger partial charge in [0.1, 0.15) is 0 Å². The van der Waals surface area contributed by atoms with Crippen LogP contribution in [-0.2, 0) is 4.79 Å². The number of aryl methyl sites for hydroxylation is 1. The van der Waals surface area contributed by atoms with Crippen molar-refractivity contribution in [1.29, 1.82) is 0 Å². The Balaban J connectivity index is 2.28. The summed E-state index contributed by atoms with van der Waals surface area (Å²) in [6, 6.07) is 7.92. The molecule has 1 saturated carbocycles. The molecule has 86 valence electrons. The summed E-state index contributed by atoms with van der Waals surface area (Å²) in [6.07, 6.45) is 4.48. The molecule has 0 radical (unpaired) electrons. The first-order valence-corrected chi connectivity index (χ1v) is 5.98. The van der Waals surface area contributed by atoms with Crippen LogP contribution in [0, 0.1) is 12.8 Å². The van der Waals surface area contributed by atoms with Gasteiger partial charge in [-0.1, -0.05) is 42.7 Å². The van der Waals surface area contributed by atoms with Crippen molar-refractivity contribution in [2.45, 2.75) is 38.5 Å².